The molecule has 2 N–H and O–H groups in total. The summed E-state index contributed by atoms with van der Waals surface area (Å²) in [7, 11) is -3.39. The van der Waals surface area contributed by atoms with Crippen LogP contribution in [0.2, 0.25) is 5.04 Å². The highest BCUT2D eigenvalue weighted by Gasteiger charge is 2.57. The molecular formula is C43H48FN6O7PSSi. The number of benzene rings is 3. The number of carbonyl (C=O) groups excluding carboxylic acids is 1. The van der Waals surface area contributed by atoms with Gasteiger partial charge in [0.05, 0.1) is 25.2 Å². The van der Waals surface area contributed by atoms with Crippen LogP contribution in [0.1, 0.15) is 69.4 Å². The van der Waals surface area contributed by atoms with Crippen LogP contribution in [-0.4, -0.2) is 75.2 Å². The van der Waals surface area contributed by atoms with Crippen molar-refractivity contribution < 1.29 is 37.0 Å². The van der Waals surface area contributed by atoms with Gasteiger partial charge in [-0.25, -0.2) is 19.3 Å². The molecule has 0 aliphatic carbocycles. The number of carbonyl (C=O) groups is 1. The van der Waals surface area contributed by atoms with Gasteiger partial charge in [-0.1, -0.05) is 107 Å². The zero-order chi connectivity index (χ0) is 42.5. The number of anilines is 1. The lowest BCUT2D eigenvalue weighted by atomic mass is 10.1. The van der Waals surface area contributed by atoms with Gasteiger partial charge in [-0.05, 0) is 58.8 Å². The van der Waals surface area contributed by atoms with Crippen LogP contribution in [0.25, 0.3) is 11.2 Å². The number of aromatic nitrogens is 5. The molecule has 6 atom stereocenters. The molecule has 4 heterocycles. The van der Waals surface area contributed by atoms with Crippen LogP contribution < -0.4 is 20.4 Å². The second-order valence-corrected chi connectivity index (χ2v) is 22.4. The van der Waals surface area contributed by atoms with Crippen LogP contribution in [0.3, 0.4) is 0 Å². The highest BCUT2D eigenvalue weighted by atomic mass is 32.5. The maximum atomic E-state index is 17.7. The zero-order valence-electron chi connectivity index (χ0n) is 33.9. The number of imidazole rings is 1. The first-order chi connectivity index (χ1) is 28.8. The Morgan fingerprint density at radius 1 is 0.983 bits per heavy atom. The summed E-state index contributed by atoms with van der Waals surface area (Å²) >= 11 is 5.52. The summed E-state index contributed by atoms with van der Waals surface area (Å²) in [6, 6.07) is 31.8. The molecule has 0 radical (unpaired) electrons. The number of amides is 1. The Balaban J connectivity index is 1.23. The van der Waals surface area contributed by atoms with Crippen LogP contribution >= 0.6 is 6.72 Å². The van der Waals surface area contributed by atoms with Crippen LogP contribution in [0.15, 0.2) is 122 Å². The zero-order valence-corrected chi connectivity index (χ0v) is 36.6. The number of fused-ring (bicyclic) bond motifs is 1. The van der Waals surface area contributed by atoms with E-state index in [9.17, 15) is 9.69 Å². The molecule has 1 aliphatic rings. The summed E-state index contributed by atoms with van der Waals surface area (Å²) in [6.07, 6.45) is -1.20. The van der Waals surface area contributed by atoms with Crippen molar-refractivity contribution in [3.05, 3.63) is 133 Å². The number of halogens is 1. The summed E-state index contributed by atoms with van der Waals surface area (Å²) in [5.41, 5.74) is 1.35. The van der Waals surface area contributed by atoms with Crippen LogP contribution in [0, 0.1) is 0 Å². The van der Waals surface area contributed by atoms with E-state index in [0.717, 1.165) is 16.8 Å². The Hall–Kier alpha value is -4.77. The predicted molar refractivity (Wildman–Crippen MR) is 233 cm³/mol. The summed E-state index contributed by atoms with van der Waals surface area (Å²) in [4.78, 5) is 42.1. The predicted octanol–water partition coefficient (Wildman–Crippen LogP) is 7.45. The van der Waals surface area contributed by atoms with E-state index in [1.807, 2.05) is 73.7 Å². The van der Waals surface area contributed by atoms with Gasteiger partial charge in [-0.2, -0.15) is 0 Å². The number of hydrogen-bond acceptors (Lipinski definition) is 11. The Morgan fingerprint density at radius 2 is 1.63 bits per heavy atom. The first-order valence-electron chi connectivity index (χ1n) is 19.7. The molecule has 1 amide bonds. The van der Waals surface area contributed by atoms with E-state index in [4.69, 9.17) is 34.8 Å². The molecule has 1 aliphatic heterocycles. The number of hydrogen-bond donors (Lipinski definition) is 2. The topological polar surface area (TPSA) is 152 Å². The number of ether oxygens (including phenoxy) is 2. The molecule has 1 fully saturated rings. The van der Waals surface area contributed by atoms with Gasteiger partial charge in [0.1, 0.15) is 30.4 Å². The lowest BCUT2D eigenvalue weighted by Crippen LogP contribution is -2.69. The molecule has 6 aromatic rings. The fraction of sp³-hybridized carbons (Fsp3) is 0.326. The van der Waals surface area contributed by atoms with Crippen molar-refractivity contribution in [2.24, 2.45) is 0 Å². The molecular weight excluding hydrogens is 823 g/mol. The average molecular weight is 871 g/mol. The first-order valence-corrected chi connectivity index (χ1v) is 24.2. The summed E-state index contributed by atoms with van der Waals surface area (Å²) in [6.45, 7) is 6.15. The Labute approximate surface area is 354 Å². The number of nitrogens with one attached hydrogen (secondary N) is 1. The Kier molecular flexibility index (Phi) is 13.3. The van der Waals surface area contributed by atoms with Crippen molar-refractivity contribution in [2.45, 2.75) is 76.8 Å². The standard InChI is InChI=1S/C43H48FN6O7PSSi/c1-6-24-53-31-22-23-45-34(25-31)29(2)56-58(52,59)54-26-35-38(57-60(43(3,4)5,32-18-12-8-13-19-32)33-20-14-9-15-21-33)36(44)42(55-35)50-28-48-37-39(46-27-47-40(37)50)49-41(51)30-16-10-7-11-17-30/h7-23,25,27-29,35-36,38,42H,6,24,26H2,1-5H3,(H,52,59)(H,46,47,49,51)/t29-,35-,36-,38-,42-,58+/m1/s1. The van der Waals surface area contributed by atoms with Gasteiger partial charge < -0.3 is 28.6 Å². The third kappa shape index (κ3) is 9.26. The molecule has 1 saturated heterocycles. The molecule has 0 saturated carbocycles. The van der Waals surface area contributed by atoms with E-state index in [0.29, 0.717) is 23.6 Å². The second-order valence-electron chi connectivity index (χ2n) is 15.4. The average Bonchev–Trinajstić information content (AvgIpc) is 3.82. The molecule has 314 valence electrons. The van der Waals surface area contributed by atoms with Crippen molar-refractivity contribution in [2.75, 3.05) is 18.5 Å². The summed E-state index contributed by atoms with van der Waals surface area (Å²) < 4.78 is 50.7. The van der Waals surface area contributed by atoms with E-state index in [-0.39, 0.29) is 23.6 Å². The van der Waals surface area contributed by atoms with Crippen molar-refractivity contribution in [1.29, 1.82) is 0 Å². The highest BCUT2D eigenvalue weighted by Crippen LogP contribution is 2.50. The van der Waals surface area contributed by atoms with Crippen LogP contribution in [-0.2, 0) is 30.0 Å². The third-order valence-corrected chi connectivity index (χ3v) is 16.9. The SMILES string of the molecule is CCCOc1ccnc([C@@H](C)O[P@@](O)(=S)OC[C@H]2O[C@@H](n3cnc4c(NC(=O)c5ccccc5)ncnc43)[C@H](F)[C@@H]2O[Si](c2ccccc2)(c2ccccc2)C(C)(C)C)c1. The largest absolute Gasteiger partial charge is 0.493 e. The second kappa shape index (κ2) is 18.5. The normalized spacial score (nSPS) is 19.8. The number of pyridine rings is 1. The van der Waals surface area contributed by atoms with E-state index < -0.39 is 56.7 Å². The van der Waals surface area contributed by atoms with Crippen molar-refractivity contribution in [3.63, 3.8) is 0 Å². The fourth-order valence-corrected chi connectivity index (χ4v) is 13.6. The molecule has 0 unspecified atom stereocenters. The molecule has 60 heavy (non-hydrogen) atoms. The maximum absolute atomic E-state index is 17.7. The van der Waals surface area contributed by atoms with Gasteiger partial charge in [-0.3, -0.25) is 18.9 Å². The van der Waals surface area contributed by atoms with Gasteiger partial charge in [0.25, 0.3) is 14.2 Å². The third-order valence-electron chi connectivity index (χ3n) is 10.2. The smallest absolute Gasteiger partial charge is 0.325 e. The molecule has 3 aromatic heterocycles. The number of rotatable bonds is 16. The minimum absolute atomic E-state index is 0.144. The summed E-state index contributed by atoms with van der Waals surface area (Å²) in [5, 5.41) is 4.13. The van der Waals surface area contributed by atoms with Gasteiger partial charge in [-0.15, -0.1) is 0 Å². The quantitative estimate of drug-likeness (QED) is 0.0734. The molecule has 0 spiro atoms. The van der Waals surface area contributed by atoms with Crippen molar-refractivity contribution >= 4 is 60.1 Å². The van der Waals surface area contributed by atoms with E-state index in [1.54, 1.807) is 49.5 Å². The maximum Gasteiger partial charge on any atom is 0.325 e. The number of nitrogens with zero attached hydrogens (tertiary/aromatic N) is 5. The van der Waals surface area contributed by atoms with Gasteiger partial charge in [0.15, 0.2) is 29.4 Å². The molecule has 7 rings (SSSR count). The van der Waals surface area contributed by atoms with Crippen molar-refractivity contribution in [3.8, 4) is 5.75 Å². The van der Waals surface area contributed by atoms with Crippen LogP contribution in [0.5, 0.6) is 5.75 Å². The minimum Gasteiger partial charge on any atom is -0.493 e. The van der Waals surface area contributed by atoms with Crippen LogP contribution in [0.4, 0.5) is 10.2 Å². The first kappa shape index (κ1) is 43.3. The molecule has 3 aromatic carbocycles. The Bertz CT molecular complexity index is 2390. The summed E-state index contributed by atoms with van der Waals surface area (Å²) in [5.74, 6) is 0.353. The lowest BCUT2D eigenvalue weighted by Gasteiger charge is -2.45. The molecule has 17 heteroatoms. The van der Waals surface area contributed by atoms with E-state index in [2.05, 4.69) is 46.0 Å². The van der Waals surface area contributed by atoms with E-state index in [1.165, 1.54) is 17.2 Å². The Morgan fingerprint density at radius 3 is 2.27 bits per heavy atom. The molecule has 13 nitrogen and oxygen atoms in total. The fourth-order valence-electron chi connectivity index (χ4n) is 7.40. The lowest BCUT2D eigenvalue weighted by molar-refractivity contribution is -0.0430. The van der Waals surface area contributed by atoms with Crippen molar-refractivity contribution in [1.82, 2.24) is 24.5 Å². The van der Waals surface area contributed by atoms with Gasteiger partial charge in [0.2, 0.25) is 0 Å². The van der Waals surface area contributed by atoms with Gasteiger partial charge in [0, 0.05) is 17.8 Å². The minimum atomic E-state index is -3.99. The number of alkyl halides is 1. The van der Waals surface area contributed by atoms with E-state index >= 15 is 4.39 Å². The van der Waals surface area contributed by atoms with Gasteiger partial charge >= 0.3 is 6.72 Å². The highest BCUT2D eigenvalue weighted by molar-refractivity contribution is 8.07. The molecule has 0 bridgehead atoms. The monoisotopic (exact) mass is 870 g/mol.